The number of carbonyl (C=O) groups excluding carboxylic acids is 1. The van der Waals surface area contributed by atoms with Gasteiger partial charge >= 0.3 is 0 Å². The van der Waals surface area contributed by atoms with Crippen molar-refractivity contribution in [2.45, 2.75) is 51.5 Å². The van der Waals surface area contributed by atoms with Crippen LogP contribution in [0.2, 0.25) is 0 Å². The average molecular weight is 216 g/mol. The zero-order valence-electron chi connectivity index (χ0n) is 9.88. The molecule has 3 N–H and O–H groups in total. The first kappa shape index (κ1) is 14.4. The molecule has 1 amide bonds. The van der Waals surface area contributed by atoms with Crippen molar-refractivity contribution in [2.24, 2.45) is 0 Å². The molecule has 0 aromatic rings. The smallest absolute Gasteiger partial charge is 0.236 e. The Hall–Kier alpha value is -0.610. The molecule has 4 nitrogen and oxygen atoms in total. The Kier molecular flexibility index (Phi) is 9.52. The van der Waals surface area contributed by atoms with E-state index in [1.165, 1.54) is 19.3 Å². The number of amides is 1. The lowest BCUT2D eigenvalue weighted by Gasteiger charge is -2.15. The second-order valence-electron chi connectivity index (χ2n) is 3.73. The Bertz CT molecular complexity index is 163. The van der Waals surface area contributed by atoms with Crippen LogP contribution in [-0.4, -0.2) is 30.8 Å². The first-order valence-electron chi connectivity index (χ1n) is 5.82. The predicted octanol–water partition coefficient (Wildman–Crippen LogP) is 1.00. The molecule has 90 valence electrons. The van der Waals surface area contributed by atoms with Gasteiger partial charge in [0.2, 0.25) is 5.91 Å². The molecule has 4 heteroatoms. The predicted molar refractivity (Wildman–Crippen MR) is 61.5 cm³/mol. The minimum Gasteiger partial charge on any atom is -0.381 e. The molecular weight excluding hydrogens is 192 g/mol. The van der Waals surface area contributed by atoms with E-state index < -0.39 is 0 Å². The van der Waals surface area contributed by atoms with Crippen molar-refractivity contribution in [1.29, 1.82) is 0 Å². The maximum Gasteiger partial charge on any atom is 0.236 e. The summed E-state index contributed by atoms with van der Waals surface area (Å²) in [6.45, 7) is 2.04. The van der Waals surface area contributed by atoms with E-state index in [2.05, 4.69) is 17.6 Å². The van der Waals surface area contributed by atoms with E-state index in [-0.39, 0.29) is 18.7 Å². The zero-order chi connectivity index (χ0) is 11.5. The number of hydrogen-bond acceptors (Lipinski definition) is 3. The summed E-state index contributed by atoms with van der Waals surface area (Å²) in [7, 11) is 1.62. The number of likely N-dealkylation sites (N-methyl/N-ethyl adjacent to an activating group) is 1. The molecule has 0 radical (unpaired) electrons. The van der Waals surface area contributed by atoms with E-state index in [4.69, 9.17) is 5.11 Å². The molecule has 0 aliphatic rings. The molecule has 0 unspecified atom stereocenters. The third-order valence-corrected chi connectivity index (χ3v) is 2.50. The van der Waals surface area contributed by atoms with Crippen LogP contribution in [0.1, 0.15) is 45.4 Å². The van der Waals surface area contributed by atoms with Gasteiger partial charge in [-0.1, -0.05) is 39.0 Å². The van der Waals surface area contributed by atoms with Crippen LogP contribution < -0.4 is 10.6 Å². The summed E-state index contributed by atoms with van der Waals surface area (Å²) < 4.78 is 0. The third-order valence-electron chi connectivity index (χ3n) is 2.50. The van der Waals surface area contributed by atoms with Crippen molar-refractivity contribution in [3.05, 3.63) is 0 Å². The molecule has 1 atom stereocenters. The van der Waals surface area contributed by atoms with Crippen molar-refractivity contribution in [3.8, 4) is 0 Å². The van der Waals surface area contributed by atoms with Crippen LogP contribution in [0.25, 0.3) is 0 Å². The molecule has 0 spiro atoms. The summed E-state index contributed by atoms with van der Waals surface area (Å²) in [6.07, 6.45) is 6.71. The molecule has 0 aliphatic heterocycles. The fourth-order valence-corrected chi connectivity index (χ4v) is 1.56. The Morgan fingerprint density at radius 2 is 1.93 bits per heavy atom. The maximum absolute atomic E-state index is 11.3. The molecule has 0 aromatic carbocycles. The number of nitrogens with one attached hydrogen (secondary N) is 2. The van der Waals surface area contributed by atoms with Gasteiger partial charge in [-0.05, 0) is 6.42 Å². The van der Waals surface area contributed by atoms with Gasteiger partial charge in [-0.25, -0.2) is 0 Å². The van der Waals surface area contributed by atoms with Crippen LogP contribution >= 0.6 is 0 Å². The first-order chi connectivity index (χ1) is 7.26. The Balaban J connectivity index is 3.61. The van der Waals surface area contributed by atoms with Crippen LogP contribution in [0, 0.1) is 0 Å². The van der Waals surface area contributed by atoms with Gasteiger partial charge in [0.25, 0.3) is 0 Å². The highest BCUT2D eigenvalue weighted by Gasteiger charge is 2.14. The summed E-state index contributed by atoms with van der Waals surface area (Å²) in [5, 5.41) is 14.1. The van der Waals surface area contributed by atoms with Crippen LogP contribution in [0.15, 0.2) is 0 Å². The van der Waals surface area contributed by atoms with E-state index >= 15 is 0 Å². The summed E-state index contributed by atoms with van der Waals surface area (Å²) >= 11 is 0. The van der Waals surface area contributed by atoms with Gasteiger partial charge in [-0.2, -0.15) is 0 Å². The van der Waals surface area contributed by atoms with E-state index in [0.717, 1.165) is 19.3 Å². The topological polar surface area (TPSA) is 61.4 Å². The second-order valence-corrected chi connectivity index (χ2v) is 3.73. The Morgan fingerprint density at radius 1 is 1.27 bits per heavy atom. The molecule has 0 rings (SSSR count). The highest BCUT2D eigenvalue weighted by atomic mass is 16.3. The van der Waals surface area contributed by atoms with E-state index in [1.807, 2.05) is 0 Å². The van der Waals surface area contributed by atoms with Gasteiger partial charge in [0.05, 0.1) is 12.8 Å². The molecule has 0 aromatic heterocycles. The highest BCUT2D eigenvalue weighted by Crippen LogP contribution is 2.07. The fourth-order valence-electron chi connectivity index (χ4n) is 1.56. The lowest BCUT2D eigenvalue weighted by atomic mass is 10.1. The van der Waals surface area contributed by atoms with Crippen LogP contribution in [0.5, 0.6) is 0 Å². The fraction of sp³-hybridized carbons (Fsp3) is 0.909. The number of aliphatic hydroxyl groups excluding tert-OH is 1. The molecule has 0 saturated heterocycles. The first-order valence-corrected chi connectivity index (χ1v) is 5.82. The largest absolute Gasteiger partial charge is 0.381 e. The van der Waals surface area contributed by atoms with E-state index in [1.54, 1.807) is 7.05 Å². The minimum atomic E-state index is -0.248. The number of aliphatic hydroxyl groups is 1. The van der Waals surface area contributed by atoms with Gasteiger partial charge in [-0.15, -0.1) is 0 Å². The SMILES string of the molecule is CCCCCCC[C@H](NCO)C(=O)NC. The summed E-state index contributed by atoms with van der Waals surface area (Å²) in [5.74, 6) is -0.0421. The van der Waals surface area contributed by atoms with Crippen LogP contribution in [0.4, 0.5) is 0 Å². The van der Waals surface area contributed by atoms with Gasteiger partial charge in [0.15, 0.2) is 0 Å². The van der Waals surface area contributed by atoms with Crippen LogP contribution in [-0.2, 0) is 4.79 Å². The molecule has 0 heterocycles. The van der Waals surface area contributed by atoms with Gasteiger partial charge in [0.1, 0.15) is 0 Å². The van der Waals surface area contributed by atoms with Crippen molar-refractivity contribution < 1.29 is 9.90 Å². The van der Waals surface area contributed by atoms with Gasteiger partial charge in [0, 0.05) is 7.05 Å². The maximum atomic E-state index is 11.3. The standard InChI is InChI=1S/C11H24N2O2/c1-3-4-5-6-7-8-10(13-9-14)11(15)12-2/h10,13-14H,3-9H2,1-2H3,(H,12,15)/t10-/m0/s1. The summed E-state index contributed by atoms with van der Waals surface area (Å²) in [6, 6.07) is -0.248. The molecule has 0 bridgehead atoms. The number of carbonyl (C=O) groups is 1. The summed E-state index contributed by atoms with van der Waals surface area (Å²) in [4.78, 5) is 11.3. The number of hydrogen-bond donors (Lipinski definition) is 3. The minimum absolute atomic E-state index is 0.0421. The highest BCUT2D eigenvalue weighted by molar-refractivity contribution is 5.81. The third kappa shape index (κ3) is 7.33. The van der Waals surface area contributed by atoms with Gasteiger partial charge in [-0.3, -0.25) is 10.1 Å². The van der Waals surface area contributed by atoms with Crippen LogP contribution in [0.3, 0.4) is 0 Å². The van der Waals surface area contributed by atoms with E-state index in [0.29, 0.717) is 0 Å². The quantitative estimate of drug-likeness (QED) is 0.398. The molecular formula is C11H24N2O2. The molecule has 0 fully saturated rings. The summed E-state index contributed by atoms with van der Waals surface area (Å²) in [5.41, 5.74) is 0. The van der Waals surface area contributed by atoms with Gasteiger partial charge < -0.3 is 10.4 Å². The average Bonchev–Trinajstić information content (AvgIpc) is 2.26. The molecule has 15 heavy (non-hydrogen) atoms. The zero-order valence-corrected chi connectivity index (χ0v) is 9.88. The van der Waals surface area contributed by atoms with Crippen molar-refractivity contribution >= 4 is 5.91 Å². The van der Waals surface area contributed by atoms with Crippen molar-refractivity contribution in [3.63, 3.8) is 0 Å². The lowest BCUT2D eigenvalue weighted by Crippen LogP contribution is -2.43. The number of rotatable bonds is 9. The normalized spacial score (nSPS) is 12.5. The Morgan fingerprint density at radius 3 is 2.47 bits per heavy atom. The monoisotopic (exact) mass is 216 g/mol. The number of unbranched alkanes of at least 4 members (excludes halogenated alkanes) is 4. The Labute approximate surface area is 92.4 Å². The van der Waals surface area contributed by atoms with E-state index in [9.17, 15) is 4.79 Å². The van der Waals surface area contributed by atoms with Crippen molar-refractivity contribution in [1.82, 2.24) is 10.6 Å². The molecule has 0 aliphatic carbocycles. The second kappa shape index (κ2) is 9.93. The van der Waals surface area contributed by atoms with Crippen molar-refractivity contribution in [2.75, 3.05) is 13.8 Å². The lowest BCUT2D eigenvalue weighted by molar-refractivity contribution is -0.123. The molecule has 0 saturated carbocycles.